The van der Waals surface area contributed by atoms with Gasteiger partial charge in [0.15, 0.2) is 5.69 Å². The minimum absolute atomic E-state index is 0.144. The lowest BCUT2D eigenvalue weighted by Gasteiger charge is -2.08. The number of aromatic nitrogens is 2. The lowest BCUT2D eigenvalue weighted by atomic mass is 10.2. The van der Waals surface area contributed by atoms with Crippen LogP contribution in [-0.4, -0.2) is 21.6 Å². The van der Waals surface area contributed by atoms with E-state index in [1.165, 1.54) is 10.8 Å². The highest BCUT2D eigenvalue weighted by molar-refractivity contribution is 6.31. The quantitative estimate of drug-likeness (QED) is 0.686. The number of nitrogens with zero attached hydrogens (tertiary/aromatic N) is 2. The molecule has 3 aromatic rings. The second-order valence-corrected chi connectivity index (χ2v) is 5.43. The number of aryl methyl sites for hydroxylation is 1. The van der Waals surface area contributed by atoms with Gasteiger partial charge in [0.05, 0.1) is 5.52 Å². The summed E-state index contributed by atoms with van der Waals surface area (Å²) in [5.41, 5.74) is 0.891. The zero-order valence-electron chi connectivity index (χ0n) is 12.5. The van der Waals surface area contributed by atoms with E-state index in [9.17, 15) is 9.59 Å². The van der Waals surface area contributed by atoms with Crippen LogP contribution < -0.4 is 4.84 Å². The number of carbonyl (C=O) groups is 2. The van der Waals surface area contributed by atoms with Gasteiger partial charge in [-0.25, -0.2) is 4.79 Å². The normalized spacial score (nSPS) is 10.9. The molecule has 0 N–H and O–H groups in total. The Balaban J connectivity index is 2.15. The Hall–Kier alpha value is -2.60. The van der Waals surface area contributed by atoms with Gasteiger partial charge in [-0.3, -0.25) is 4.79 Å². The van der Waals surface area contributed by atoms with Crippen LogP contribution in [0.25, 0.3) is 10.9 Å². The third-order valence-electron chi connectivity index (χ3n) is 3.29. The molecule has 0 saturated carbocycles. The third-order valence-corrected chi connectivity index (χ3v) is 3.53. The molecule has 0 atom stereocenters. The predicted molar refractivity (Wildman–Crippen MR) is 83.5 cm³/mol. The van der Waals surface area contributed by atoms with Crippen LogP contribution >= 0.6 is 11.6 Å². The average Bonchev–Trinajstić information content (AvgIpc) is 3.10. The highest BCUT2D eigenvalue weighted by atomic mass is 35.5. The molecular formula is C16H13ClN2O4. The summed E-state index contributed by atoms with van der Waals surface area (Å²) in [6, 6.07) is 8.17. The number of hydrogen-bond donors (Lipinski definition) is 0. The SMILES string of the molecule is CCC(=O)On1c(C(=O)c2cc(C)on2)cc2cc(Cl)ccc21. The molecule has 0 unspecified atom stereocenters. The van der Waals surface area contributed by atoms with E-state index in [2.05, 4.69) is 5.16 Å². The minimum Gasteiger partial charge on any atom is -0.361 e. The number of ketones is 1. The molecule has 118 valence electrons. The van der Waals surface area contributed by atoms with Crippen LogP contribution in [0.1, 0.15) is 35.3 Å². The molecule has 3 rings (SSSR count). The largest absolute Gasteiger partial charge is 0.361 e. The molecular weight excluding hydrogens is 320 g/mol. The van der Waals surface area contributed by atoms with Crippen molar-refractivity contribution in [2.24, 2.45) is 0 Å². The average molecular weight is 333 g/mol. The maximum atomic E-state index is 12.6. The first-order chi connectivity index (χ1) is 11.0. The standard InChI is InChI=1S/C16H13ClN2O4/c1-3-15(20)23-19-13-5-4-11(17)7-10(13)8-14(19)16(21)12-6-9(2)22-18-12/h4-8H,3H2,1-2H3. The molecule has 23 heavy (non-hydrogen) atoms. The third kappa shape index (κ3) is 2.85. The van der Waals surface area contributed by atoms with Crippen molar-refractivity contribution in [2.75, 3.05) is 0 Å². The van der Waals surface area contributed by atoms with Crippen LogP contribution in [-0.2, 0) is 4.79 Å². The minimum atomic E-state index is -0.456. The molecule has 7 heteroatoms. The van der Waals surface area contributed by atoms with Crippen molar-refractivity contribution in [3.8, 4) is 0 Å². The first-order valence-corrected chi connectivity index (χ1v) is 7.37. The van der Waals surface area contributed by atoms with Crippen LogP contribution in [0.15, 0.2) is 34.9 Å². The first kappa shape index (κ1) is 15.3. The zero-order valence-corrected chi connectivity index (χ0v) is 13.3. The molecule has 0 bridgehead atoms. The van der Waals surface area contributed by atoms with Gasteiger partial charge in [0.25, 0.3) is 0 Å². The molecule has 0 saturated heterocycles. The molecule has 0 aliphatic rings. The summed E-state index contributed by atoms with van der Waals surface area (Å²) >= 11 is 5.98. The molecule has 0 aliphatic heterocycles. The monoisotopic (exact) mass is 332 g/mol. The van der Waals surface area contributed by atoms with Crippen molar-refractivity contribution in [1.82, 2.24) is 9.89 Å². The van der Waals surface area contributed by atoms with Gasteiger partial charge >= 0.3 is 5.97 Å². The summed E-state index contributed by atoms with van der Waals surface area (Å²) in [5, 5.41) is 4.92. The number of hydrogen-bond acceptors (Lipinski definition) is 5. The summed E-state index contributed by atoms with van der Waals surface area (Å²) in [5.74, 6) is -0.342. The maximum Gasteiger partial charge on any atom is 0.332 e. The van der Waals surface area contributed by atoms with Crippen LogP contribution in [0, 0.1) is 6.92 Å². The predicted octanol–water partition coefficient (Wildman–Crippen LogP) is 3.19. The maximum absolute atomic E-state index is 12.6. The van der Waals surface area contributed by atoms with Gasteiger partial charge in [0, 0.05) is 22.9 Å². The molecule has 0 amide bonds. The van der Waals surface area contributed by atoms with E-state index in [1.807, 2.05) is 0 Å². The Morgan fingerprint density at radius 2 is 2.09 bits per heavy atom. The molecule has 0 spiro atoms. The van der Waals surface area contributed by atoms with Gasteiger partial charge in [-0.2, -0.15) is 4.73 Å². The van der Waals surface area contributed by atoms with Gasteiger partial charge in [0.1, 0.15) is 11.5 Å². The lowest BCUT2D eigenvalue weighted by Crippen LogP contribution is -2.22. The fraction of sp³-hybridized carbons (Fsp3) is 0.188. The van der Waals surface area contributed by atoms with Crippen LogP contribution in [0.3, 0.4) is 0 Å². The van der Waals surface area contributed by atoms with E-state index < -0.39 is 11.8 Å². The summed E-state index contributed by atoms with van der Waals surface area (Å²) in [6.45, 7) is 3.36. The summed E-state index contributed by atoms with van der Waals surface area (Å²) in [7, 11) is 0. The van der Waals surface area contributed by atoms with Crippen LogP contribution in [0.2, 0.25) is 5.02 Å². The van der Waals surface area contributed by atoms with E-state index >= 15 is 0 Å². The Morgan fingerprint density at radius 1 is 1.30 bits per heavy atom. The number of carbonyl (C=O) groups excluding carboxylic acids is 2. The topological polar surface area (TPSA) is 74.3 Å². The highest BCUT2D eigenvalue weighted by Gasteiger charge is 2.22. The fourth-order valence-corrected chi connectivity index (χ4v) is 2.37. The second-order valence-electron chi connectivity index (χ2n) is 5.00. The Morgan fingerprint density at radius 3 is 2.74 bits per heavy atom. The summed E-state index contributed by atoms with van der Waals surface area (Å²) in [6.07, 6.45) is 0.184. The fourth-order valence-electron chi connectivity index (χ4n) is 2.19. The zero-order chi connectivity index (χ0) is 16.6. The van der Waals surface area contributed by atoms with Crippen molar-refractivity contribution in [1.29, 1.82) is 0 Å². The lowest BCUT2D eigenvalue weighted by molar-refractivity contribution is -0.143. The van der Waals surface area contributed by atoms with Crippen molar-refractivity contribution in [3.63, 3.8) is 0 Å². The van der Waals surface area contributed by atoms with Gasteiger partial charge in [-0.05, 0) is 31.2 Å². The highest BCUT2D eigenvalue weighted by Crippen LogP contribution is 2.24. The van der Waals surface area contributed by atoms with Gasteiger partial charge in [-0.15, -0.1) is 0 Å². The molecule has 6 nitrogen and oxygen atoms in total. The number of fused-ring (bicyclic) bond motifs is 1. The van der Waals surface area contributed by atoms with Crippen LogP contribution in [0.4, 0.5) is 0 Å². The van der Waals surface area contributed by atoms with E-state index in [1.54, 1.807) is 38.1 Å². The Bertz CT molecular complexity index is 910. The van der Waals surface area contributed by atoms with Crippen molar-refractivity contribution < 1.29 is 18.9 Å². The van der Waals surface area contributed by atoms with Crippen molar-refractivity contribution in [2.45, 2.75) is 20.3 Å². The number of halogens is 1. The molecule has 2 aromatic heterocycles. The smallest absolute Gasteiger partial charge is 0.332 e. The first-order valence-electron chi connectivity index (χ1n) is 6.99. The van der Waals surface area contributed by atoms with Crippen molar-refractivity contribution >= 4 is 34.3 Å². The van der Waals surface area contributed by atoms with E-state index in [0.717, 1.165) is 0 Å². The van der Waals surface area contributed by atoms with E-state index in [0.29, 0.717) is 21.7 Å². The number of benzene rings is 1. The van der Waals surface area contributed by atoms with Crippen molar-refractivity contribution in [3.05, 3.63) is 52.5 Å². The summed E-state index contributed by atoms with van der Waals surface area (Å²) < 4.78 is 6.15. The Kier molecular flexibility index (Phi) is 3.92. The molecule has 2 heterocycles. The number of rotatable bonds is 4. The van der Waals surface area contributed by atoms with Gasteiger partial charge in [0.2, 0.25) is 5.78 Å². The molecule has 0 fully saturated rings. The van der Waals surface area contributed by atoms with E-state index in [-0.39, 0.29) is 17.8 Å². The van der Waals surface area contributed by atoms with E-state index in [4.69, 9.17) is 21.0 Å². The molecule has 0 radical (unpaired) electrons. The summed E-state index contributed by atoms with van der Waals surface area (Å²) in [4.78, 5) is 29.6. The van der Waals surface area contributed by atoms with Crippen LogP contribution in [0.5, 0.6) is 0 Å². The molecule has 1 aromatic carbocycles. The van der Waals surface area contributed by atoms with Gasteiger partial charge < -0.3 is 9.36 Å². The Labute approximate surface area is 136 Å². The second kappa shape index (κ2) is 5.89. The van der Waals surface area contributed by atoms with Gasteiger partial charge in [-0.1, -0.05) is 23.7 Å². The molecule has 0 aliphatic carbocycles.